The zero-order valence-corrected chi connectivity index (χ0v) is 12.2. The number of hydrogen-bond donors (Lipinski definition) is 1. The fraction of sp³-hybridized carbons (Fsp3) is 1.00. The van der Waals surface area contributed by atoms with Crippen LogP contribution < -0.4 is 5.73 Å². The molecule has 102 valence electrons. The summed E-state index contributed by atoms with van der Waals surface area (Å²) in [7, 11) is 4.29. The number of hydrogen-bond acceptors (Lipinski definition) is 3. The molecule has 1 rings (SSSR count). The van der Waals surface area contributed by atoms with Gasteiger partial charge in [-0.3, -0.25) is 4.90 Å². The van der Waals surface area contributed by atoms with Crippen molar-refractivity contribution in [3.63, 3.8) is 0 Å². The number of nitrogens with zero attached hydrogens (tertiary/aromatic N) is 2. The Kier molecular flexibility index (Phi) is 6.45. The van der Waals surface area contributed by atoms with E-state index in [0.717, 1.165) is 19.0 Å². The molecule has 17 heavy (non-hydrogen) atoms. The molecule has 0 heterocycles. The van der Waals surface area contributed by atoms with Crippen LogP contribution in [0.5, 0.6) is 0 Å². The van der Waals surface area contributed by atoms with Gasteiger partial charge in [-0.25, -0.2) is 0 Å². The molecule has 0 aromatic heterocycles. The van der Waals surface area contributed by atoms with Crippen molar-refractivity contribution >= 4 is 0 Å². The highest BCUT2D eigenvalue weighted by Gasteiger charge is 2.30. The van der Waals surface area contributed by atoms with Gasteiger partial charge in [-0.15, -0.1) is 0 Å². The first-order valence-electron chi connectivity index (χ1n) is 7.19. The van der Waals surface area contributed by atoms with Crippen LogP contribution in [-0.2, 0) is 0 Å². The Morgan fingerprint density at radius 3 is 2.41 bits per heavy atom. The summed E-state index contributed by atoms with van der Waals surface area (Å²) in [6.45, 7) is 8.12. The van der Waals surface area contributed by atoms with E-state index in [2.05, 4.69) is 37.7 Å². The lowest BCUT2D eigenvalue weighted by Crippen LogP contribution is -2.52. The molecule has 3 unspecified atom stereocenters. The molecule has 0 spiro atoms. The standard InChI is InChI=1S/C14H31N3/c1-5-8-17(10-9-16(3)4)14-11-12(2)6-7-13(14)15/h12-14H,5-11,15H2,1-4H3. The molecule has 0 bridgehead atoms. The predicted octanol–water partition coefficient (Wildman–Crippen LogP) is 1.78. The molecule has 1 aliphatic carbocycles. The molecule has 3 nitrogen and oxygen atoms in total. The van der Waals surface area contributed by atoms with E-state index in [-0.39, 0.29) is 0 Å². The minimum absolute atomic E-state index is 0.389. The Hall–Kier alpha value is -0.120. The molecule has 0 aromatic rings. The monoisotopic (exact) mass is 241 g/mol. The van der Waals surface area contributed by atoms with Crippen LogP contribution in [0.1, 0.15) is 39.5 Å². The maximum Gasteiger partial charge on any atom is 0.0250 e. The van der Waals surface area contributed by atoms with Crippen molar-refractivity contribution < 1.29 is 0 Å². The van der Waals surface area contributed by atoms with E-state index < -0.39 is 0 Å². The summed E-state index contributed by atoms with van der Waals surface area (Å²) < 4.78 is 0. The Balaban J connectivity index is 2.53. The molecular formula is C14H31N3. The zero-order chi connectivity index (χ0) is 12.8. The smallest absolute Gasteiger partial charge is 0.0250 e. The highest BCUT2D eigenvalue weighted by molar-refractivity contribution is 4.88. The number of nitrogens with two attached hydrogens (primary N) is 1. The highest BCUT2D eigenvalue weighted by Crippen LogP contribution is 2.26. The van der Waals surface area contributed by atoms with Crippen LogP contribution in [-0.4, -0.2) is 55.6 Å². The van der Waals surface area contributed by atoms with Crippen LogP contribution in [0.3, 0.4) is 0 Å². The maximum absolute atomic E-state index is 6.32. The quantitative estimate of drug-likeness (QED) is 0.769. The lowest BCUT2D eigenvalue weighted by molar-refractivity contribution is 0.108. The molecule has 1 saturated carbocycles. The lowest BCUT2D eigenvalue weighted by Gasteiger charge is -2.41. The molecule has 1 aliphatic rings. The van der Waals surface area contributed by atoms with E-state index in [9.17, 15) is 0 Å². The number of likely N-dealkylation sites (N-methyl/N-ethyl adjacent to an activating group) is 1. The van der Waals surface area contributed by atoms with Crippen molar-refractivity contribution in [2.24, 2.45) is 11.7 Å². The molecule has 1 fully saturated rings. The van der Waals surface area contributed by atoms with Crippen molar-refractivity contribution in [2.75, 3.05) is 33.7 Å². The van der Waals surface area contributed by atoms with Crippen molar-refractivity contribution in [3.05, 3.63) is 0 Å². The van der Waals surface area contributed by atoms with Crippen LogP contribution in [0.15, 0.2) is 0 Å². The van der Waals surface area contributed by atoms with Gasteiger partial charge in [0.1, 0.15) is 0 Å². The molecule has 0 amide bonds. The summed E-state index contributed by atoms with van der Waals surface area (Å²) in [5.41, 5.74) is 6.32. The summed E-state index contributed by atoms with van der Waals surface area (Å²) in [4.78, 5) is 4.89. The summed E-state index contributed by atoms with van der Waals surface area (Å²) in [5.74, 6) is 0.846. The van der Waals surface area contributed by atoms with Gasteiger partial charge in [0, 0.05) is 25.2 Å². The first-order chi connectivity index (χ1) is 8.04. The minimum atomic E-state index is 0.389. The van der Waals surface area contributed by atoms with Gasteiger partial charge in [0.25, 0.3) is 0 Å². The third-order valence-corrected chi connectivity index (χ3v) is 3.95. The Morgan fingerprint density at radius 2 is 1.82 bits per heavy atom. The first-order valence-corrected chi connectivity index (χ1v) is 7.19. The Labute approximate surface area is 107 Å². The van der Waals surface area contributed by atoms with E-state index in [0.29, 0.717) is 12.1 Å². The SMILES string of the molecule is CCCN(CCN(C)C)C1CC(C)CCC1N. The lowest BCUT2D eigenvalue weighted by atomic mass is 9.83. The second-order valence-electron chi connectivity index (χ2n) is 5.99. The van der Waals surface area contributed by atoms with Crippen LogP contribution in [0.4, 0.5) is 0 Å². The van der Waals surface area contributed by atoms with Crippen LogP contribution in [0, 0.1) is 5.92 Å². The molecule has 3 atom stereocenters. The fourth-order valence-corrected chi connectivity index (χ4v) is 2.85. The molecule has 0 radical (unpaired) electrons. The normalized spacial score (nSPS) is 30.2. The van der Waals surface area contributed by atoms with Crippen LogP contribution in [0.2, 0.25) is 0 Å². The molecular weight excluding hydrogens is 210 g/mol. The van der Waals surface area contributed by atoms with Gasteiger partial charge >= 0.3 is 0 Å². The van der Waals surface area contributed by atoms with E-state index in [4.69, 9.17) is 5.73 Å². The Morgan fingerprint density at radius 1 is 1.12 bits per heavy atom. The topological polar surface area (TPSA) is 32.5 Å². The van der Waals surface area contributed by atoms with E-state index in [1.54, 1.807) is 0 Å². The average Bonchev–Trinajstić information content (AvgIpc) is 2.27. The summed E-state index contributed by atoms with van der Waals surface area (Å²) >= 11 is 0. The molecule has 3 heteroatoms. The van der Waals surface area contributed by atoms with E-state index in [1.807, 2.05) is 0 Å². The molecule has 2 N–H and O–H groups in total. The zero-order valence-electron chi connectivity index (χ0n) is 12.2. The minimum Gasteiger partial charge on any atom is -0.326 e. The van der Waals surface area contributed by atoms with Gasteiger partial charge in [-0.05, 0) is 52.2 Å². The first kappa shape index (κ1) is 14.9. The van der Waals surface area contributed by atoms with Crippen LogP contribution in [0.25, 0.3) is 0 Å². The van der Waals surface area contributed by atoms with E-state index >= 15 is 0 Å². The van der Waals surface area contributed by atoms with E-state index in [1.165, 1.54) is 32.2 Å². The van der Waals surface area contributed by atoms with Crippen LogP contribution >= 0.6 is 0 Å². The maximum atomic E-state index is 6.32. The predicted molar refractivity (Wildman–Crippen MR) is 75.2 cm³/mol. The van der Waals surface area contributed by atoms with Gasteiger partial charge in [0.15, 0.2) is 0 Å². The van der Waals surface area contributed by atoms with Crippen molar-refractivity contribution in [1.29, 1.82) is 0 Å². The van der Waals surface area contributed by atoms with Crippen molar-refractivity contribution in [2.45, 2.75) is 51.6 Å². The van der Waals surface area contributed by atoms with Gasteiger partial charge in [0.05, 0.1) is 0 Å². The third-order valence-electron chi connectivity index (χ3n) is 3.95. The van der Waals surface area contributed by atoms with Gasteiger partial charge in [0.2, 0.25) is 0 Å². The fourth-order valence-electron chi connectivity index (χ4n) is 2.85. The largest absolute Gasteiger partial charge is 0.326 e. The summed E-state index contributed by atoms with van der Waals surface area (Å²) in [5, 5.41) is 0. The van der Waals surface area contributed by atoms with Gasteiger partial charge < -0.3 is 10.6 Å². The number of rotatable bonds is 6. The summed E-state index contributed by atoms with van der Waals surface area (Å²) in [6, 6.07) is 0.999. The van der Waals surface area contributed by atoms with Gasteiger partial charge in [-0.2, -0.15) is 0 Å². The second-order valence-corrected chi connectivity index (χ2v) is 5.99. The molecule has 0 saturated heterocycles. The highest BCUT2D eigenvalue weighted by atomic mass is 15.2. The Bertz CT molecular complexity index is 206. The molecule has 0 aromatic carbocycles. The van der Waals surface area contributed by atoms with Crippen molar-refractivity contribution in [3.8, 4) is 0 Å². The summed E-state index contributed by atoms with van der Waals surface area (Å²) in [6.07, 6.45) is 5.03. The average molecular weight is 241 g/mol. The van der Waals surface area contributed by atoms with Crippen molar-refractivity contribution in [1.82, 2.24) is 9.80 Å². The second kappa shape index (κ2) is 7.34. The third kappa shape index (κ3) is 4.94. The molecule has 0 aliphatic heterocycles. The van der Waals surface area contributed by atoms with Gasteiger partial charge in [-0.1, -0.05) is 13.8 Å².